The van der Waals surface area contributed by atoms with Crippen LogP contribution < -0.4 is 4.74 Å². The van der Waals surface area contributed by atoms with Gasteiger partial charge in [-0.05, 0) is 74.0 Å². The van der Waals surface area contributed by atoms with E-state index in [2.05, 4.69) is 71.7 Å². The van der Waals surface area contributed by atoms with Gasteiger partial charge in [-0.1, -0.05) is 49.7 Å². The Morgan fingerprint density at radius 2 is 1.74 bits per heavy atom. The van der Waals surface area contributed by atoms with Crippen LogP contribution >= 0.6 is 0 Å². The molecule has 174 valence electrons. The summed E-state index contributed by atoms with van der Waals surface area (Å²) in [6.07, 6.45) is 13.3. The number of likely N-dealkylation sites (tertiary alicyclic amines) is 1. The molecule has 1 aliphatic carbocycles. The van der Waals surface area contributed by atoms with E-state index in [9.17, 15) is 0 Å². The summed E-state index contributed by atoms with van der Waals surface area (Å²) in [5, 5.41) is 4.59. The molecule has 3 heterocycles. The maximum absolute atomic E-state index is 6.47. The molecule has 2 aliphatic rings. The van der Waals surface area contributed by atoms with Crippen molar-refractivity contribution >= 4 is 5.65 Å². The first-order valence-corrected chi connectivity index (χ1v) is 12.7. The molecule has 5 heteroatoms. The summed E-state index contributed by atoms with van der Waals surface area (Å²) in [5.41, 5.74) is 6.62. The second-order valence-electron chi connectivity index (χ2n) is 9.87. The van der Waals surface area contributed by atoms with E-state index < -0.39 is 0 Å². The van der Waals surface area contributed by atoms with Crippen molar-refractivity contribution in [2.24, 2.45) is 0 Å². The molecule has 0 unspecified atom stereocenters. The zero-order chi connectivity index (χ0) is 23.0. The van der Waals surface area contributed by atoms with Crippen molar-refractivity contribution in [3.63, 3.8) is 0 Å². The van der Waals surface area contributed by atoms with Crippen LogP contribution in [-0.2, 0) is 6.42 Å². The van der Waals surface area contributed by atoms with E-state index in [-0.39, 0.29) is 5.60 Å². The number of fused-ring (bicyclic) bond motifs is 1. The molecule has 2 aromatic heterocycles. The second kappa shape index (κ2) is 8.88. The molecule has 0 atom stereocenters. The van der Waals surface area contributed by atoms with E-state index >= 15 is 0 Å². The van der Waals surface area contributed by atoms with Crippen molar-refractivity contribution in [2.45, 2.75) is 51.0 Å². The maximum Gasteiger partial charge on any atom is 0.162 e. The van der Waals surface area contributed by atoms with E-state index in [4.69, 9.17) is 9.72 Å². The van der Waals surface area contributed by atoms with E-state index in [0.29, 0.717) is 0 Å². The predicted molar refractivity (Wildman–Crippen MR) is 136 cm³/mol. The second-order valence-corrected chi connectivity index (χ2v) is 9.87. The van der Waals surface area contributed by atoms with Crippen LogP contribution in [0.1, 0.15) is 44.6 Å². The highest BCUT2D eigenvalue weighted by Gasteiger charge is 2.46. The number of hydrogen-bond donors (Lipinski definition) is 0. The third-order valence-corrected chi connectivity index (χ3v) is 7.29. The third-order valence-electron chi connectivity index (χ3n) is 7.29. The summed E-state index contributed by atoms with van der Waals surface area (Å²) in [6.45, 7) is 5.69. The number of ether oxygens (including phenoxy) is 1. The molecule has 6 rings (SSSR count). The topological polar surface area (TPSA) is 42.7 Å². The van der Waals surface area contributed by atoms with Gasteiger partial charge in [0.25, 0.3) is 0 Å². The molecule has 0 amide bonds. The summed E-state index contributed by atoms with van der Waals surface area (Å²) >= 11 is 0. The van der Waals surface area contributed by atoms with Gasteiger partial charge >= 0.3 is 0 Å². The Kier molecular flexibility index (Phi) is 5.58. The fourth-order valence-corrected chi connectivity index (χ4v) is 5.11. The van der Waals surface area contributed by atoms with Crippen LogP contribution in [-0.4, -0.2) is 44.7 Å². The SMILES string of the molecule is CCc1cccc(-c2cnn3cc(-c4ccc(OC5(CN6CCCCC6)CC5)cc4)cnc23)c1. The number of nitrogens with zero attached hydrogens (tertiary/aromatic N) is 4. The van der Waals surface area contributed by atoms with Crippen LogP contribution in [0.4, 0.5) is 0 Å². The molecule has 1 saturated carbocycles. The lowest BCUT2D eigenvalue weighted by atomic mass is 10.0. The average Bonchev–Trinajstić information content (AvgIpc) is 3.50. The van der Waals surface area contributed by atoms with Crippen LogP contribution in [0.15, 0.2) is 67.1 Å². The molecule has 2 fully saturated rings. The standard InChI is InChI=1S/C29H32N4O/c1-2-22-7-6-8-24(17-22)27-19-31-33-20-25(18-30-28(27)33)23-9-11-26(12-10-23)34-29(13-14-29)21-32-15-4-3-5-16-32/h6-12,17-20H,2-5,13-16,21H2,1H3. The number of aryl methyl sites for hydroxylation is 1. The summed E-state index contributed by atoms with van der Waals surface area (Å²) < 4.78 is 8.35. The quantitative estimate of drug-likeness (QED) is 0.344. The predicted octanol–water partition coefficient (Wildman–Crippen LogP) is 6.02. The summed E-state index contributed by atoms with van der Waals surface area (Å²) in [5.74, 6) is 0.962. The smallest absolute Gasteiger partial charge is 0.162 e. The normalized spacial score (nSPS) is 17.7. The van der Waals surface area contributed by atoms with Gasteiger partial charge in [0, 0.05) is 30.1 Å². The molecule has 0 radical (unpaired) electrons. The Labute approximate surface area is 201 Å². The van der Waals surface area contributed by atoms with E-state index in [1.165, 1.54) is 37.9 Å². The van der Waals surface area contributed by atoms with E-state index in [1.54, 1.807) is 0 Å². The zero-order valence-electron chi connectivity index (χ0n) is 19.9. The van der Waals surface area contributed by atoms with Gasteiger partial charge in [-0.15, -0.1) is 0 Å². The van der Waals surface area contributed by atoms with E-state index in [0.717, 1.165) is 59.5 Å². The van der Waals surface area contributed by atoms with Crippen molar-refractivity contribution in [1.29, 1.82) is 0 Å². The lowest BCUT2D eigenvalue weighted by molar-refractivity contribution is 0.101. The largest absolute Gasteiger partial charge is 0.486 e. The number of benzene rings is 2. The first-order valence-electron chi connectivity index (χ1n) is 12.7. The third kappa shape index (κ3) is 4.32. The summed E-state index contributed by atoms with van der Waals surface area (Å²) in [7, 11) is 0. The minimum absolute atomic E-state index is 0.0276. The molecule has 0 N–H and O–H groups in total. The fraction of sp³-hybridized carbons (Fsp3) is 0.379. The zero-order valence-corrected chi connectivity index (χ0v) is 19.9. The van der Waals surface area contributed by atoms with Crippen molar-refractivity contribution in [3.05, 3.63) is 72.7 Å². The van der Waals surface area contributed by atoms with Crippen molar-refractivity contribution in [1.82, 2.24) is 19.5 Å². The lowest BCUT2D eigenvalue weighted by Gasteiger charge is -2.30. The minimum atomic E-state index is 0.0276. The first kappa shape index (κ1) is 21.4. The lowest BCUT2D eigenvalue weighted by Crippen LogP contribution is -2.40. The van der Waals surface area contributed by atoms with Crippen LogP contribution in [0.3, 0.4) is 0 Å². The molecule has 1 saturated heterocycles. The highest BCUT2D eigenvalue weighted by atomic mass is 16.5. The molecule has 4 aromatic rings. The van der Waals surface area contributed by atoms with Crippen LogP contribution in [0.5, 0.6) is 5.75 Å². The molecular formula is C29H32N4O. The van der Waals surface area contributed by atoms with Crippen LogP contribution in [0, 0.1) is 0 Å². The number of hydrogen-bond acceptors (Lipinski definition) is 4. The Morgan fingerprint density at radius 3 is 2.50 bits per heavy atom. The molecule has 2 aromatic carbocycles. The molecule has 5 nitrogen and oxygen atoms in total. The van der Waals surface area contributed by atoms with Crippen molar-refractivity contribution < 1.29 is 4.74 Å². The van der Waals surface area contributed by atoms with Crippen molar-refractivity contribution in [3.8, 4) is 28.0 Å². The Morgan fingerprint density at radius 1 is 0.912 bits per heavy atom. The van der Waals surface area contributed by atoms with E-state index in [1.807, 2.05) is 16.9 Å². The van der Waals surface area contributed by atoms with Gasteiger partial charge in [-0.25, -0.2) is 9.50 Å². The van der Waals surface area contributed by atoms with Gasteiger partial charge in [0.2, 0.25) is 0 Å². The molecular weight excluding hydrogens is 420 g/mol. The summed E-state index contributed by atoms with van der Waals surface area (Å²) in [6, 6.07) is 17.1. The van der Waals surface area contributed by atoms with Gasteiger partial charge in [0.15, 0.2) is 5.65 Å². The molecule has 0 bridgehead atoms. The highest BCUT2D eigenvalue weighted by Crippen LogP contribution is 2.41. The average molecular weight is 453 g/mol. The first-order chi connectivity index (χ1) is 16.7. The Balaban J connectivity index is 1.18. The van der Waals surface area contributed by atoms with Crippen LogP contribution in [0.25, 0.3) is 27.9 Å². The number of aromatic nitrogens is 3. The van der Waals surface area contributed by atoms with Gasteiger partial charge in [-0.2, -0.15) is 5.10 Å². The number of rotatable bonds is 7. The highest BCUT2D eigenvalue weighted by molar-refractivity contribution is 5.78. The Hall–Kier alpha value is -3.18. The maximum atomic E-state index is 6.47. The molecule has 1 aliphatic heterocycles. The van der Waals surface area contributed by atoms with Gasteiger partial charge in [-0.3, -0.25) is 4.90 Å². The van der Waals surface area contributed by atoms with Gasteiger partial charge < -0.3 is 4.74 Å². The minimum Gasteiger partial charge on any atom is -0.486 e. The van der Waals surface area contributed by atoms with Crippen LogP contribution in [0.2, 0.25) is 0 Å². The summed E-state index contributed by atoms with van der Waals surface area (Å²) in [4.78, 5) is 7.36. The molecule has 0 spiro atoms. The monoisotopic (exact) mass is 452 g/mol. The fourth-order valence-electron chi connectivity index (χ4n) is 5.11. The van der Waals surface area contributed by atoms with Crippen molar-refractivity contribution in [2.75, 3.05) is 19.6 Å². The van der Waals surface area contributed by atoms with Gasteiger partial charge in [0.1, 0.15) is 11.4 Å². The number of piperidine rings is 1. The van der Waals surface area contributed by atoms with Gasteiger partial charge in [0.05, 0.1) is 6.20 Å². The Bertz CT molecular complexity index is 1280. The molecule has 34 heavy (non-hydrogen) atoms.